The molecule has 1 radical (unpaired) electrons. The molecule has 7 rings (SSSR count). The van der Waals surface area contributed by atoms with Crippen LogP contribution in [0.25, 0.3) is 50.3 Å². The Morgan fingerprint density at radius 2 is 1.53 bits per heavy atom. The van der Waals surface area contributed by atoms with Gasteiger partial charge in [-0.25, -0.2) is 0 Å². The van der Waals surface area contributed by atoms with Gasteiger partial charge in [0.05, 0.1) is 16.9 Å². The van der Waals surface area contributed by atoms with E-state index in [2.05, 4.69) is 111 Å². The fraction of sp³-hybridized carbons (Fsp3) is 0.200. The zero-order valence-electron chi connectivity index (χ0n) is 26.3. The molecular weight excluding hydrogens is 731 g/mol. The Hall–Kier alpha value is -4.31. The van der Waals surface area contributed by atoms with Crippen molar-refractivity contribution in [1.29, 1.82) is 0 Å². The number of nitrogens with zero attached hydrogens (tertiary/aromatic N) is 3. The van der Waals surface area contributed by atoms with Gasteiger partial charge in [-0.1, -0.05) is 106 Å². The summed E-state index contributed by atoms with van der Waals surface area (Å²) < 4.78 is 8.24. The second kappa shape index (κ2) is 14.2. The third-order valence-electron chi connectivity index (χ3n) is 7.99. The fourth-order valence-corrected chi connectivity index (χ4v) is 5.67. The van der Waals surface area contributed by atoms with E-state index in [1.54, 1.807) is 6.20 Å². The van der Waals surface area contributed by atoms with E-state index in [4.69, 9.17) is 9.40 Å². The number of hydrogen-bond acceptors (Lipinski definition) is 3. The molecule has 3 aromatic heterocycles. The van der Waals surface area contributed by atoms with E-state index in [9.17, 15) is 0 Å². The summed E-state index contributed by atoms with van der Waals surface area (Å²) in [6.07, 6.45) is 5.96. The number of para-hydroxylation sites is 3. The summed E-state index contributed by atoms with van der Waals surface area (Å²) in [5.74, 6) is 1.65. The van der Waals surface area contributed by atoms with Gasteiger partial charge in [0, 0.05) is 43.8 Å². The van der Waals surface area contributed by atoms with Crippen LogP contribution in [0.4, 0.5) is 0 Å². The Labute approximate surface area is 279 Å². The molecule has 45 heavy (non-hydrogen) atoms. The number of benzene rings is 4. The number of aromatic nitrogens is 3. The van der Waals surface area contributed by atoms with Crippen LogP contribution in [0.15, 0.2) is 114 Å². The van der Waals surface area contributed by atoms with E-state index in [-0.39, 0.29) is 20.1 Å². The van der Waals surface area contributed by atoms with Crippen LogP contribution in [0.3, 0.4) is 0 Å². The molecule has 4 aromatic carbocycles. The van der Waals surface area contributed by atoms with E-state index in [1.165, 1.54) is 22.4 Å². The Kier molecular flexibility index (Phi) is 10.1. The first-order valence-corrected chi connectivity index (χ1v) is 15.4. The van der Waals surface area contributed by atoms with Crippen LogP contribution in [-0.2, 0) is 26.5 Å². The van der Waals surface area contributed by atoms with Crippen molar-refractivity contribution in [2.24, 2.45) is 0 Å². The summed E-state index contributed by atoms with van der Waals surface area (Å²) in [5.41, 5.74) is 11.0. The molecule has 4 nitrogen and oxygen atoms in total. The Balaban J connectivity index is 0.000000258. The van der Waals surface area contributed by atoms with Gasteiger partial charge in [-0.2, -0.15) is 0 Å². The van der Waals surface area contributed by atoms with Gasteiger partial charge in [0.2, 0.25) is 0 Å². The maximum atomic E-state index is 5.91. The topological polar surface area (TPSA) is 43.9 Å². The molecule has 3 heterocycles. The molecule has 0 saturated heterocycles. The smallest absolute Gasteiger partial charge is 0.0774 e. The monoisotopic (exact) mass is 768 g/mol. The van der Waals surface area contributed by atoms with Gasteiger partial charge in [-0.05, 0) is 53.3 Å². The van der Waals surface area contributed by atoms with Gasteiger partial charge in [-0.15, -0.1) is 42.0 Å². The van der Waals surface area contributed by atoms with Gasteiger partial charge >= 0.3 is 0 Å². The van der Waals surface area contributed by atoms with Gasteiger partial charge in [0.1, 0.15) is 0 Å². The second-order valence-electron chi connectivity index (χ2n) is 11.6. The van der Waals surface area contributed by atoms with Crippen LogP contribution in [-0.4, -0.2) is 14.5 Å². The number of hydrogen-bond donors (Lipinski definition) is 0. The van der Waals surface area contributed by atoms with Crippen molar-refractivity contribution < 1.29 is 24.5 Å². The number of imidazole rings is 1. The summed E-state index contributed by atoms with van der Waals surface area (Å²) >= 11 is 0. The first-order valence-electron chi connectivity index (χ1n) is 15.4. The number of aryl methyl sites for hydroxylation is 1. The Morgan fingerprint density at radius 3 is 2.20 bits per heavy atom. The summed E-state index contributed by atoms with van der Waals surface area (Å²) in [6, 6.07) is 38.3. The average Bonchev–Trinajstić information content (AvgIpc) is 3.66. The zero-order valence-corrected chi connectivity index (χ0v) is 28.7. The number of rotatable bonds is 6. The SMILES string of the molecule is CCc1ccc2c(-c3nc4ccccc4n3-c3c(C(C)C)cccc3C(C)C)[c-]oc2c1.[Ir].[c-]1ccccc1-c1ccccn1. The summed E-state index contributed by atoms with van der Waals surface area (Å²) in [6.45, 7) is 11.2. The maximum absolute atomic E-state index is 5.91. The van der Waals surface area contributed by atoms with E-state index in [0.29, 0.717) is 11.8 Å². The van der Waals surface area contributed by atoms with E-state index >= 15 is 0 Å². The van der Waals surface area contributed by atoms with Crippen LogP contribution in [0.5, 0.6) is 0 Å². The standard InChI is InChI=1S/C29H29N2O.C11H8N.Ir/c1-6-20-14-15-23-24(17-32-27(23)16-20)29-30-25-12-7-8-13-26(25)31(29)28-21(18(2)3)10-9-11-22(28)19(4)5;1-2-6-10(7-3-1)11-8-4-5-9-12-11;/h7-16,18-19H,6H2,1-5H3;1-6,8-9H;/q2*-1;. The molecule has 0 aliphatic rings. The van der Waals surface area contributed by atoms with Gasteiger partial charge in [0.25, 0.3) is 0 Å². The molecular formula is C40H37IrN3O-2. The molecule has 5 heteroatoms. The molecule has 0 bridgehead atoms. The van der Waals surface area contributed by atoms with Crippen LogP contribution >= 0.6 is 0 Å². The quantitative estimate of drug-likeness (QED) is 0.158. The van der Waals surface area contributed by atoms with Crippen LogP contribution in [0.1, 0.15) is 63.1 Å². The molecule has 0 atom stereocenters. The van der Waals surface area contributed by atoms with Crippen LogP contribution in [0.2, 0.25) is 0 Å². The van der Waals surface area contributed by atoms with Crippen molar-refractivity contribution in [3.05, 3.63) is 138 Å². The second-order valence-corrected chi connectivity index (χ2v) is 11.6. The zero-order chi connectivity index (χ0) is 30.6. The molecule has 0 spiro atoms. The van der Waals surface area contributed by atoms with Gasteiger partial charge in [0.15, 0.2) is 0 Å². The van der Waals surface area contributed by atoms with Crippen molar-refractivity contribution in [3.63, 3.8) is 0 Å². The summed E-state index contributed by atoms with van der Waals surface area (Å²) in [4.78, 5) is 9.31. The first-order chi connectivity index (χ1) is 21.5. The summed E-state index contributed by atoms with van der Waals surface area (Å²) in [7, 11) is 0. The largest absolute Gasteiger partial charge is 0.557 e. The first kappa shape index (κ1) is 32.1. The van der Waals surface area contributed by atoms with Gasteiger partial charge < -0.3 is 14.0 Å². The van der Waals surface area contributed by atoms with Crippen LogP contribution in [0, 0.1) is 12.3 Å². The fourth-order valence-electron chi connectivity index (χ4n) is 5.67. The molecule has 0 amide bonds. The van der Waals surface area contributed by atoms with Crippen molar-refractivity contribution >= 4 is 22.0 Å². The van der Waals surface area contributed by atoms with E-state index in [1.807, 2.05) is 48.5 Å². The van der Waals surface area contributed by atoms with E-state index in [0.717, 1.165) is 51.1 Å². The predicted octanol–water partition coefficient (Wildman–Crippen LogP) is 10.6. The minimum atomic E-state index is 0. The maximum Gasteiger partial charge on any atom is 0.0774 e. The molecule has 0 aliphatic heterocycles. The number of pyridine rings is 1. The molecule has 0 fully saturated rings. The van der Waals surface area contributed by atoms with E-state index < -0.39 is 0 Å². The Morgan fingerprint density at radius 1 is 0.800 bits per heavy atom. The van der Waals surface area contributed by atoms with Crippen LogP contribution < -0.4 is 0 Å². The summed E-state index contributed by atoms with van der Waals surface area (Å²) in [5, 5.41) is 1.05. The molecule has 229 valence electrons. The average molecular weight is 768 g/mol. The third kappa shape index (κ3) is 6.56. The van der Waals surface area contributed by atoms with Crippen molar-refractivity contribution in [1.82, 2.24) is 14.5 Å². The minimum Gasteiger partial charge on any atom is -0.557 e. The predicted molar refractivity (Wildman–Crippen MR) is 181 cm³/mol. The normalized spacial score (nSPS) is 11.1. The minimum absolute atomic E-state index is 0. The van der Waals surface area contributed by atoms with Crippen molar-refractivity contribution in [2.75, 3.05) is 0 Å². The molecule has 7 aromatic rings. The Bertz CT molecular complexity index is 1940. The molecule has 0 aliphatic carbocycles. The number of fused-ring (bicyclic) bond motifs is 2. The molecule has 0 saturated carbocycles. The number of furan rings is 1. The molecule has 0 unspecified atom stereocenters. The van der Waals surface area contributed by atoms with Gasteiger partial charge in [-0.3, -0.25) is 4.98 Å². The van der Waals surface area contributed by atoms with Crippen molar-refractivity contribution in [2.45, 2.75) is 52.9 Å². The third-order valence-corrected chi connectivity index (χ3v) is 7.99. The molecule has 0 N–H and O–H groups in total. The van der Waals surface area contributed by atoms with Crippen molar-refractivity contribution in [3.8, 4) is 28.3 Å².